The molecule has 0 nitrogen and oxygen atoms in total. The fourth-order valence-corrected chi connectivity index (χ4v) is 2.21. The molecule has 1 aliphatic rings. The van der Waals surface area contributed by atoms with Gasteiger partial charge < -0.3 is 0 Å². The molecular weight excluding hydrogens is 164 g/mol. The van der Waals surface area contributed by atoms with Gasteiger partial charge >= 0.3 is 0 Å². The molecular formula is C7H12Br. The summed E-state index contributed by atoms with van der Waals surface area (Å²) in [6, 6.07) is 0. The summed E-state index contributed by atoms with van der Waals surface area (Å²) in [6.07, 6.45) is 6.48. The summed E-state index contributed by atoms with van der Waals surface area (Å²) in [4.78, 5) is 0.785. The van der Waals surface area contributed by atoms with Crippen molar-refractivity contribution in [2.24, 2.45) is 5.92 Å². The summed E-state index contributed by atoms with van der Waals surface area (Å²) in [7, 11) is 0. The highest BCUT2D eigenvalue weighted by molar-refractivity contribution is 9.09. The molecule has 1 radical (unpaired) electrons. The third-order valence-electron chi connectivity index (χ3n) is 1.91. The van der Waals surface area contributed by atoms with Crippen LogP contribution in [0.5, 0.6) is 0 Å². The van der Waals surface area contributed by atoms with Crippen LogP contribution >= 0.6 is 15.9 Å². The molecule has 1 aliphatic carbocycles. The largest absolute Gasteiger partial charge is 0.0888 e. The maximum absolute atomic E-state index is 3.63. The molecule has 2 unspecified atom stereocenters. The van der Waals surface area contributed by atoms with Gasteiger partial charge in [-0.2, -0.15) is 0 Å². The third kappa shape index (κ3) is 1.25. The Kier molecular flexibility index (Phi) is 2.36. The maximum atomic E-state index is 3.63. The maximum Gasteiger partial charge on any atom is 0.0176 e. The number of halogens is 1. The first-order valence-corrected chi connectivity index (χ1v) is 4.19. The average Bonchev–Trinajstić information content (AvgIpc) is 2.14. The monoisotopic (exact) mass is 175 g/mol. The van der Waals surface area contributed by atoms with Crippen molar-refractivity contribution in [3.8, 4) is 0 Å². The van der Waals surface area contributed by atoms with Gasteiger partial charge in [0.25, 0.3) is 0 Å². The van der Waals surface area contributed by atoms with Crippen molar-refractivity contribution in [1.82, 2.24) is 0 Å². The van der Waals surface area contributed by atoms with Gasteiger partial charge in [0.1, 0.15) is 0 Å². The highest BCUT2D eigenvalue weighted by Gasteiger charge is 2.22. The molecule has 0 amide bonds. The van der Waals surface area contributed by atoms with Crippen LogP contribution in [0.1, 0.15) is 26.2 Å². The predicted molar refractivity (Wildman–Crippen MR) is 40.0 cm³/mol. The Bertz CT molecular complexity index is 70.8. The van der Waals surface area contributed by atoms with E-state index in [-0.39, 0.29) is 0 Å². The summed E-state index contributed by atoms with van der Waals surface area (Å²) >= 11 is 3.63. The first kappa shape index (κ1) is 6.60. The van der Waals surface area contributed by atoms with E-state index in [0.29, 0.717) is 0 Å². The van der Waals surface area contributed by atoms with Gasteiger partial charge in [-0.05, 0) is 25.2 Å². The number of hydrogen-bond donors (Lipinski definition) is 0. The van der Waals surface area contributed by atoms with E-state index in [2.05, 4.69) is 29.3 Å². The summed E-state index contributed by atoms with van der Waals surface area (Å²) in [5, 5.41) is 0. The predicted octanol–water partition coefficient (Wildman–Crippen LogP) is 2.77. The van der Waals surface area contributed by atoms with Crippen LogP contribution in [0.15, 0.2) is 0 Å². The van der Waals surface area contributed by atoms with E-state index in [4.69, 9.17) is 0 Å². The summed E-state index contributed by atoms with van der Waals surface area (Å²) in [6.45, 7) is 2.16. The van der Waals surface area contributed by atoms with Crippen LogP contribution in [0.3, 0.4) is 0 Å². The molecule has 0 aromatic rings. The zero-order valence-electron chi connectivity index (χ0n) is 5.23. The Morgan fingerprint density at radius 2 is 2.25 bits per heavy atom. The molecule has 8 heavy (non-hydrogen) atoms. The Hall–Kier alpha value is 0.480. The normalized spacial score (nSPS) is 38.2. The Morgan fingerprint density at radius 1 is 1.50 bits per heavy atom. The van der Waals surface area contributed by atoms with E-state index in [0.717, 1.165) is 10.7 Å². The average molecular weight is 176 g/mol. The van der Waals surface area contributed by atoms with Gasteiger partial charge in [0.2, 0.25) is 0 Å². The number of alkyl halides is 1. The fourth-order valence-electron chi connectivity index (χ4n) is 1.32. The highest BCUT2D eigenvalue weighted by Crippen LogP contribution is 2.32. The van der Waals surface area contributed by atoms with Crippen LogP contribution in [-0.2, 0) is 0 Å². The minimum absolute atomic E-state index is 0.785. The van der Waals surface area contributed by atoms with Crippen LogP contribution in [0.25, 0.3) is 0 Å². The molecule has 47 valence electrons. The molecule has 0 bridgehead atoms. The van der Waals surface area contributed by atoms with E-state index < -0.39 is 0 Å². The molecule has 0 heterocycles. The summed E-state index contributed by atoms with van der Waals surface area (Å²) < 4.78 is 0. The van der Waals surface area contributed by atoms with E-state index in [9.17, 15) is 0 Å². The fraction of sp³-hybridized carbons (Fsp3) is 0.857. The summed E-state index contributed by atoms with van der Waals surface area (Å²) in [5.41, 5.74) is 0. The third-order valence-corrected chi connectivity index (χ3v) is 3.05. The van der Waals surface area contributed by atoms with Gasteiger partial charge in [-0.15, -0.1) is 0 Å². The van der Waals surface area contributed by atoms with Crippen LogP contribution in [0.2, 0.25) is 0 Å². The lowest BCUT2D eigenvalue weighted by atomic mass is 10.1. The van der Waals surface area contributed by atoms with Gasteiger partial charge in [0.05, 0.1) is 0 Å². The molecule has 1 fully saturated rings. The molecule has 1 rings (SSSR count). The van der Waals surface area contributed by atoms with Crippen molar-refractivity contribution >= 4 is 15.9 Å². The molecule has 0 aromatic heterocycles. The van der Waals surface area contributed by atoms with Crippen LogP contribution < -0.4 is 0 Å². The first-order chi connectivity index (χ1) is 3.84. The van der Waals surface area contributed by atoms with Crippen molar-refractivity contribution in [3.05, 3.63) is 6.42 Å². The Morgan fingerprint density at radius 3 is 2.50 bits per heavy atom. The van der Waals surface area contributed by atoms with Crippen molar-refractivity contribution in [3.63, 3.8) is 0 Å². The Labute approximate surface area is 59.8 Å². The molecule has 2 atom stereocenters. The highest BCUT2D eigenvalue weighted by atomic mass is 79.9. The van der Waals surface area contributed by atoms with Gasteiger partial charge in [-0.1, -0.05) is 29.3 Å². The van der Waals surface area contributed by atoms with E-state index in [1.165, 1.54) is 19.3 Å². The molecule has 0 spiro atoms. The number of hydrogen-bond acceptors (Lipinski definition) is 0. The smallest absolute Gasteiger partial charge is 0.0176 e. The second-order valence-corrected chi connectivity index (χ2v) is 3.62. The minimum atomic E-state index is 0.785. The lowest BCUT2D eigenvalue weighted by Crippen LogP contribution is -2.04. The topological polar surface area (TPSA) is 0 Å². The second-order valence-electron chi connectivity index (χ2n) is 2.44. The quantitative estimate of drug-likeness (QED) is 0.539. The van der Waals surface area contributed by atoms with Crippen molar-refractivity contribution < 1.29 is 0 Å². The summed E-state index contributed by atoms with van der Waals surface area (Å²) in [5.74, 6) is 0.856. The van der Waals surface area contributed by atoms with Crippen LogP contribution in [-0.4, -0.2) is 4.83 Å². The van der Waals surface area contributed by atoms with E-state index in [1.54, 1.807) is 0 Å². The van der Waals surface area contributed by atoms with Crippen LogP contribution in [0.4, 0.5) is 0 Å². The van der Waals surface area contributed by atoms with Crippen LogP contribution in [0, 0.1) is 12.3 Å². The second kappa shape index (κ2) is 2.86. The lowest BCUT2D eigenvalue weighted by Gasteiger charge is -2.08. The van der Waals surface area contributed by atoms with Gasteiger partial charge in [0.15, 0.2) is 0 Å². The van der Waals surface area contributed by atoms with E-state index >= 15 is 0 Å². The Balaban J connectivity index is 2.30. The molecule has 1 saturated carbocycles. The zero-order valence-corrected chi connectivity index (χ0v) is 6.82. The SMILES string of the molecule is C[CH]C1CCCC1Br. The van der Waals surface area contributed by atoms with Gasteiger partial charge in [-0.25, -0.2) is 0 Å². The zero-order chi connectivity index (χ0) is 5.98. The van der Waals surface area contributed by atoms with Gasteiger partial charge in [-0.3, -0.25) is 0 Å². The van der Waals surface area contributed by atoms with Gasteiger partial charge in [0, 0.05) is 4.83 Å². The molecule has 0 N–H and O–H groups in total. The lowest BCUT2D eigenvalue weighted by molar-refractivity contribution is 0.654. The molecule has 1 heteroatoms. The minimum Gasteiger partial charge on any atom is -0.0888 e. The molecule has 0 aliphatic heterocycles. The van der Waals surface area contributed by atoms with Crippen molar-refractivity contribution in [2.75, 3.05) is 0 Å². The van der Waals surface area contributed by atoms with E-state index in [1.807, 2.05) is 0 Å². The molecule has 0 aromatic carbocycles. The number of rotatable bonds is 1. The first-order valence-electron chi connectivity index (χ1n) is 3.28. The molecule has 0 saturated heterocycles. The van der Waals surface area contributed by atoms with Crippen molar-refractivity contribution in [1.29, 1.82) is 0 Å². The van der Waals surface area contributed by atoms with Crippen molar-refractivity contribution in [2.45, 2.75) is 31.0 Å². The standard InChI is InChI=1S/C7H12Br/c1-2-6-4-3-5-7(6)8/h2,6-7H,3-5H2,1H3.